The van der Waals surface area contributed by atoms with E-state index in [1.807, 2.05) is 32.6 Å². The second-order valence-electron chi connectivity index (χ2n) is 7.75. The maximum atomic E-state index is 12.7. The van der Waals surface area contributed by atoms with Gasteiger partial charge in [0.1, 0.15) is 11.3 Å². The highest BCUT2D eigenvalue weighted by atomic mass is 16.6. The van der Waals surface area contributed by atoms with Crippen LogP contribution in [0.15, 0.2) is 18.6 Å². The number of carbonyl (C=O) groups is 2. The maximum Gasteiger partial charge on any atom is 0.407 e. The number of nitrogens with zero attached hydrogens (tertiary/aromatic N) is 3. The topological polar surface area (TPSA) is 84.4 Å². The van der Waals surface area contributed by atoms with Gasteiger partial charge in [-0.15, -0.1) is 0 Å². The Balaban J connectivity index is 1.98. The third kappa shape index (κ3) is 5.41. The molecule has 0 radical (unpaired) electrons. The summed E-state index contributed by atoms with van der Waals surface area (Å²) in [4.78, 5) is 34.5. The molecule has 2 heterocycles. The van der Waals surface area contributed by atoms with Crippen molar-refractivity contribution in [3.63, 3.8) is 0 Å². The molecule has 2 rings (SSSR count). The number of rotatable bonds is 3. The smallest absolute Gasteiger partial charge is 0.407 e. The molecular weight excluding hydrogens is 320 g/mol. The van der Waals surface area contributed by atoms with E-state index in [2.05, 4.69) is 22.2 Å². The number of likely N-dealkylation sites (tertiary alicyclic amines) is 1. The summed E-state index contributed by atoms with van der Waals surface area (Å²) in [6.07, 6.45) is 5.01. The van der Waals surface area contributed by atoms with Crippen molar-refractivity contribution in [3.8, 4) is 0 Å². The lowest BCUT2D eigenvalue weighted by Gasteiger charge is -2.41. The van der Waals surface area contributed by atoms with Crippen molar-refractivity contribution >= 4 is 12.0 Å². The van der Waals surface area contributed by atoms with Gasteiger partial charge in [0.2, 0.25) is 0 Å². The maximum absolute atomic E-state index is 12.7. The van der Waals surface area contributed by atoms with Gasteiger partial charge in [-0.25, -0.2) is 9.78 Å². The van der Waals surface area contributed by atoms with Gasteiger partial charge in [-0.3, -0.25) is 9.78 Å². The summed E-state index contributed by atoms with van der Waals surface area (Å²) in [5, 5.41) is 2.83. The van der Waals surface area contributed by atoms with E-state index in [0.717, 1.165) is 6.42 Å². The lowest BCUT2D eigenvalue weighted by molar-refractivity contribution is 0.0397. The van der Waals surface area contributed by atoms with Crippen molar-refractivity contribution in [3.05, 3.63) is 24.3 Å². The molecule has 1 aliphatic rings. The third-order valence-electron chi connectivity index (χ3n) is 4.43. The fraction of sp³-hybridized carbons (Fsp3) is 0.667. The first-order chi connectivity index (χ1) is 11.7. The standard InChI is InChI=1S/C18H28N4O3/c1-12-8-13(2)22(16(23)15-10-19-6-7-20-15)11-14(12)9-21-17(24)25-18(3,4)5/h6-7,10,12-14H,8-9,11H2,1-5H3,(H,21,24)/t12-,13-,14-/m1/s1. The Kier molecular flexibility index (Phi) is 5.98. The van der Waals surface area contributed by atoms with E-state index in [9.17, 15) is 9.59 Å². The van der Waals surface area contributed by atoms with Gasteiger partial charge in [-0.05, 0) is 46.0 Å². The molecule has 7 heteroatoms. The largest absolute Gasteiger partial charge is 0.444 e. The Morgan fingerprint density at radius 2 is 2.04 bits per heavy atom. The minimum Gasteiger partial charge on any atom is -0.444 e. The Bertz CT molecular complexity index is 600. The predicted octanol–water partition coefficient (Wildman–Crippen LogP) is 2.49. The SMILES string of the molecule is C[C@@H]1C[C@@H](C)N(C(=O)c2cnccn2)C[C@H]1CNC(=O)OC(C)(C)C. The minimum absolute atomic E-state index is 0.116. The van der Waals surface area contributed by atoms with Crippen LogP contribution in [-0.2, 0) is 4.74 Å². The molecule has 1 saturated heterocycles. The zero-order chi connectivity index (χ0) is 18.6. The highest BCUT2D eigenvalue weighted by molar-refractivity contribution is 5.92. The third-order valence-corrected chi connectivity index (χ3v) is 4.43. The molecule has 1 aliphatic heterocycles. The molecule has 1 N–H and O–H groups in total. The van der Waals surface area contributed by atoms with Gasteiger partial charge in [0, 0.05) is 31.5 Å². The molecule has 0 spiro atoms. The van der Waals surface area contributed by atoms with Crippen LogP contribution in [0.1, 0.15) is 51.5 Å². The molecule has 7 nitrogen and oxygen atoms in total. The van der Waals surface area contributed by atoms with Crippen molar-refractivity contribution in [1.82, 2.24) is 20.2 Å². The van der Waals surface area contributed by atoms with Gasteiger partial charge in [0.05, 0.1) is 6.20 Å². The van der Waals surface area contributed by atoms with Gasteiger partial charge in [-0.2, -0.15) is 0 Å². The molecule has 1 aromatic rings. The number of amides is 2. The number of piperidine rings is 1. The van der Waals surface area contributed by atoms with Crippen LogP contribution in [0.5, 0.6) is 0 Å². The van der Waals surface area contributed by atoms with Crippen molar-refractivity contribution in [2.24, 2.45) is 11.8 Å². The van der Waals surface area contributed by atoms with Crippen LogP contribution in [0.25, 0.3) is 0 Å². The summed E-state index contributed by atoms with van der Waals surface area (Å²) in [6.45, 7) is 10.8. The fourth-order valence-electron chi connectivity index (χ4n) is 3.10. The molecule has 2 amide bonds. The number of aromatic nitrogens is 2. The lowest BCUT2D eigenvalue weighted by Crippen LogP contribution is -2.51. The van der Waals surface area contributed by atoms with Crippen molar-refractivity contribution in [1.29, 1.82) is 0 Å². The van der Waals surface area contributed by atoms with Crippen LogP contribution in [0.2, 0.25) is 0 Å². The van der Waals surface area contributed by atoms with Gasteiger partial charge in [-0.1, -0.05) is 6.92 Å². The summed E-state index contributed by atoms with van der Waals surface area (Å²) in [6, 6.07) is 0.127. The average molecular weight is 348 g/mol. The number of carbonyl (C=O) groups excluding carboxylic acids is 2. The highest BCUT2D eigenvalue weighted by Gasteiger charge is 2.34. The molecule has 138 valence electrons. The van der Waals surface area contributed by atoms with E-state index in [4.69, 9.17) is 4.74 Å². The molecule has 0 aliphatic carbocycles. The molecule has 0 unspecified atom stereocenters. The molecule has 0 aromatic carbocycles. The van der Waals surface area contributed by atoms with Gasteiger partial charge < -0.3 is 15.0 Å². The van der Waals surface area contributed by atoms with Gasteiger partial charge >= 0.3 is 6.09 Å². The number of hydrogen-bond acceptors (Lipinski definition) is 5. The first-order valence-electron chi connectivity index (χ1n) is 8.71. The first kappa shape index (κ1) is 19.1. The molecule has 0 bridgehead atoms. The van der Waals surface area contributed by atoms with Crippen molar-refractivity contribution < 1.29 is 14.3 Å². The zero-order valence-corrected chi connectivity index (χ0v) is 15.7. The van der Waals surface area contributed by atoms with E-state index in [1.54, 1.807) is 6.20 Å². The van der Waals surface area contributed by atoms with Crippen LogP contribution < -0.4 is 5.32 Å². The summed E-state index contributed by atoms with van der Waals surface area (Å²) < 4.78 is 5.28. The normalized spacial score (nSPS) is 23.9. The van der Waals surface area contributed by atoms with Crippen LogP contribution in [-0.4, -0.2) is 51.6 Å². The molecule has 1 fully saturated rings. The van der Waals surface area contributed by atoms with Crippen LogP contribution in [0.3, 0.4) is 0 Å². The van der Waals surface area contributed by atoms with Crippen LogP contribution >= 0.6 is 0 Å². The molecular formula is C18H28N4O3. The Hall–Kier alpha value is -2.18. The first-order valence-corrected chi connectivity index (χ1v) is 8.71. The van der Waals surface area contributed by atoms with E-state index >= 15 is 0 Å². The Labute approximate surface area is 149 Å². The molecule has 3 atom stereocenters. The number of nitrogens with one attached hydrogen (secondary N) is 1. The van der Waals surface area contributed by atoms with Gasteiger partial charge in [0.15, 0.2) is 0 Å². The van der Waals surface area contributed by atoms with Gasteiger partial charge in [0.25, 0.3) is 5.91 Å². The summed E-state index contributed by atoms with van der Waals surface area (Å²) in [7, 11) is 0. The summed E-state index contributed by atoms with van der Waals surface area (Å²) in [5.41, 5.74) is -0.173. The fourth-order valence-corrected chi connectivity index (χ4v) is 3.10. The predicted molar refractivity (Wildman–Crippen MR) is 94.0 cm³/mol. The Morgan fingerprint density at radius 3 is 2.64 bits per heavy atom. The van der Waals surface area contributed by atoms with Crippen molar-refractivity contribution in [2.45, 2.75) is 52.7 Å². The monoisotopic (exact) mass is 348 g/mol. The second kappa shape index (κ2) is 7.80. The highest BCUT2D eigenvalue weighted by Crippen LogP contribution is 2.28. The quantitative estimate of drug-likeness (QED) is 0.907. The van der Waals surface area contributed by atoms with Crippen LogP contribution in [0, 0.1) is 11.8 Å². The number of alkyl carbamates (subject to hydrolysis) is 1. The molecule has 1 aromatic heterocycles. The van der Waals surface area contributed by atoms with E-state index in [0.29, 0.717) is 24.7 Å². The average Bonchev–Trinajstić information content (AvgIpc) is 2.52. The summed E-state index contributed by atoms with van der Waals surface area (Å²) >= 11 is 0. The number of hydrogen-bond donors (Lipinski definition) is 1. The molecule has 25 heavy (non-hydrogen) atoms. The number of ether oxygens (including phenoxy) is 1. The van der Waals surface area contributed by atoms with Crippen LogP contribution in [0.4, 0.5) is 4.79 Å². The minimum atomic E-state index is -0.523. The van der Waals surface area contributed by atoms with E-state index in [1.165, 1.54) is 12.4 Å². The summed E-state index contributed by atoms with van der Waals surface area (Å²) in [5.74, 6) is 0.454. The van der Waals surface area contributed by atoms with E-state index in [-0.39, 0.29) is 17.9 Å². The molecule has 0 saturated carbocycles. The zero-order valence-electron chi connectivity index (χ0n) is 15.7. The second-order valence-corrected chi connectivity index (χ2v) is 7.75. The van der Waals surface area contributed by atoms with Crippen molar-refractivity contribution in [2.75, 3.05) is 13.1 Å². The van der Waals surface area contributed by atoms with E-state index < -0.39 is 11.7 Å². The lowest BCUT2D eigenvalue weighted by atomic mass is 9.83. The Morgan fingerprint density at radius 1 is 1.32 bits per heavy atom.